The molecule has 0 bridgehead atoms. The van der Waals surface area contributed by atoms with Crippen LogP contribution in [0.5, 0.6) is 0 Å². The van der Waals surface area contributed by atoms with Gasteiger partial charge in [0.15, 0.2) is 0 Å². The van der Waals surface area contributed by atoms with Crippen molar-refractivity contribution in [1.82, 2.24) is 9.80 Å². The predicted octanol–water partition coefficient (Wildman–Crippen LogP) is 3.03. The molecule has 1 saturated heterocycles. The van der Waals surface area contributed by atoms with Gasteiger partial charge in [0.2, 0.25) is 0 Å². The second-order valence-electron chi connectivity index (χ2n) is 6.49. The van der Waals surface area contributed by atoms with Crippen LogP contribution in [-0.4, -0.2) is 49.1 Å². The van der Waals surface area contributed by atoms with E-state index in [4.69, 9.17) is 5.73 Å². The molecule has 0 radical (unpaired) electrons. The summed E-state index contributed by atoms with van der Waals surface area (Å²) in [6, 6.07) is 6.96. The zero-order chi connectivity index (χ0) is 15.4. The summed E-state index contributed by atoms with van der Waals surface area (Å²) in [5.74, 6) is 0.746. The number of hydrogen-bond donors (Lipinski definition) is 1. The van der Waals surface area contributed by atoms with Crippen molar-refractivity contribution in [2.45, 2.75) is 26.8 Å². The zero-order valence-electron chi connectivity index (χ0n) is 13.5. The lowest BCUT2D eigenvalue weighted by atomic mass is 10.0. The average molecular weight is 354 g/mol. The maximum atomic E-state index is 6.07. The van der Waals surface area contributed by atoms with E-state index in [-0.39, 0.29) is 0 Å². The number of benzene rings is 1. The molecule has 21 heavy (non-hydrogen) atoms. The first-order valence-electron chi connectivity index (χ1n) is 7.93. The van der Waals surface area contributed by atoms with Crippen LogP contribution in [0, 0.1) is 12.8 Å². The van der Waals surface area contributed by atoms with Gasteiger partial charge in [-0.05, 0) is 30.0 Å². The van der Waals surface area contributed by atoms with E-state index in [1.807, 2.05) is 0 Å². The molecule has 0 amide bonds. The number of nitrogens with two attached hydrogens (primary N) is 1. The van der Waals surface area contributed by atoms with Gasteiger partial charge >= 0.3 is 0 Å². The Kier molecular flexibility index (Phi) is 6.23. The minimum atomic E-state index is 0.345. The molecule has 1 aromatic rings. The van der Waals surface area contributed by atoms with Crippen LogP contribution in [0.2, 0.25) is 0 Å². The molecule has 1 unspecified atom stereocenters. The Morgan fingerprint density at radius 1 is 1.19 bits per heavy atom. The molecule has 3 nitrogen and oxygen atoms in total. The fraction of sp³-hybridized carbons (Fsp3) is 0.647. The lowest BCUT2D eigenvalue weighted by molar-refractivity contribution is 0.0912. The van der Waals surface area contributed by atoms with Gasteiger partial charge in [0, 0.05) is 49.8 Å². The quantitative estimate of drug-likeness (QED) is 0.882. The molecular formula is C17H28BrN3. The molecule has 1 heterocycles. The van der Waals surface area contributed by atoms with Crippen LogP contribution in [0.25, 0.3) is 0 Å². The summed E-state index contributed by atoms with van der Waals surface area (Å²) in [6.07, 6.45) is 0. The molecule has 1 fully saturated rings. The van der Waals surface area contributed by atoms with Crippen molar-refractivity contribution in [1.29, 1.82) is 0 Å². The van der Waals surface area contributed by atoms with Crippen LogP contribution < -0.4 is 5.73 Å². The van der Waals surface area contributed by atoms with Gasteiger partial charge in [0.25, 0.3) is 0 Å². The van der Waals surface area contributed by atoms with Gasteiger partial charge in [0.1, 0.15) is 0 Å². The summed E-state index contributed by atoms with van der Waals surface area (Å²) in [4.78, 5) is 5.11. The molecule has 1 atom stereocenters. The Balaban J connectivity index is 2.00. The lowest BCUT2D eigenvalue weighted by Gasteiger charge is -2.39. The molecule has 1 aliphatic rings. The van der Waals surface area contributed by atoms with Crippen molar-refractivity contribution in [3.05, 3.63) is 33.8 Å². The van der Waals surface area contributed by atoms with E-state index in [9.17, 15) is 0 Å². The molecule has 118 valence electrons. The maximum absolute atomic E-state index is 6.07. The van der Waals surface area contributed by atoms with Gasteiger partial charge in [-0.2, -0.15) is 0 Å². The van der Waals surface area contributed by atoms with Crippen molar-refractivity contribution in [2.24, 2.45) is 11.7 Å². The van der Waals surface area contributed by atoms with E-state index in [2.05, 4.69) is 64.7 Å². The third kappa shape index (κ3) is 4.52. The number of halogens is 1. The molecule has 2 rings (SSSR count). The Labute approximate surface area is 137 Å². The van der Waals surface area contributed by atoms with Gasteiger partial charge in [0.05, 0.1) is 0 Å². The van der Waals surface area contributed by atoms with E-state index in [0.29, 0.717) is 12.6 Å². The summed E-state index contributed by atoms with van der Waals surface area (Å²) in [5, 5.41) is 0. The zero-order valence-corrected chi connectivity index (χ0v) is 15.1. The molecule has 0 aromatic heterocycles. The number of rotatable bonds is 5. The second-order valence-corrected chi connectivity index (χ2v) is 7.34. The smallest absolute Gasteiger partial charge is 0.0471 e. The number of nitrogens with zero attached hydrogens (tertiary/aromatic N) is 2. The predicted molar refractivity (Wildman–Crippen MR) is 93.5 cm³/mol. The highest BCUT2D eigenvalue weighted by Crippen LogP contribution is 2.25. The van der Waals surface area contributed by atoms with Gasteiger partial charge in [-0.25, -0.2) is 0 Å². The summed E-state index contributed by atoms with van der Waals surface area (Å²) in [7, 11) is 0. The molecular weight excluding hydrogens is 326 g/mol. The maximum Gasteiger partial charge on any atom is 0.0471 e. The molecule has 1 aromatic carbocycles. The van der Waals surface area contributed by atoms with Crippen LogP contribution in [0.4, 0.5) is 0 Å². The standard InChI is InChI=1S/C17H28BrN3/c1-13(2)12-20-6-8-21(9-7-20)17(11-19)15-4-5-16(18)14(3)10-15/h4-5,10,13,17H,6-9,11-12,19H2,1-3H3. The van der Waals surface area contributed by atoms with Crippen molar-refractivity contribution < 1.29 is 0 Å². The van der Waals surface area contributed by atoms with Crippen LogP contribution in [0.1, 0.15) is 31.0 Å². The Bertz CT molecular complexity index is 453. The summed E-state index contributed by atoms with van der Waals surface area (Å²) < 4.78 is 1.17. The molecule has 1 aliphatic heterocycles. The van der Waals surface area contributed by atoms with Crippen LogP contribution in [0.3, 0.4) is 0 Å². The van der Waals surface area contributed by atoms with E-state index in [1.54, 1.807) is 0 Å². The molecule has 0 spiro atoms. The minimum Gasteiger partial charge on any atom is -0.329 e. The average Bonchev–Trinajstić information content (AvgIpc) is 2.45. The third-order valence-corrected chi connectivity index (χ3v) is 5.15. The normalized spacial score (nSPS) is 19.1. The highest BCUT2D eigenvalue weighted by Gasteiger charge is 2.24. The second kappa shape index (κ2) is 7.73. The van der Waals surface area contributed by atoms with E-state index in [0.717, 1.165) is 32.1 Å². The summed E-state index contributed by atoms with van der Waals surface area (Å²) in [6.45, 7) is 13.2. The number of piperazine rings is 1. The Morgan fingerprint density at radius 3 is 2.38 bits per heavy atom. The number of hydrogen-bond acceptors (Lipinski definition) is 3. The van der Waals surface area contributed by atoms with Crippen molar-refractivity contribution in [2.75, 3.05) is 39.3 Å². The monoisotopic (exact) mass is 353 g/mol. The Hall–Kier alpha value is -0.420. The molecule has 0 aliphatic carbocycles. The van der Waals surface area contributed by atoms with Gasteiger partial charge in [-0.15, -0.1) is 0 Å². The van der Waals surface area contributed by atoms with Gasteiger partial charge in [-0.3, -0.25) is 4.90 Å². The Morgan fingerprint density at radius 2 is 1.86 bits per heavy atom. The fourth-order valence-electron chi connectivity index (χ4n) is 3.15. The summed E-state index contributed by atoms with van der Waals surface area (Å²) in [5.41, 5.74) is 8.70. The van der Waals surface area contributed by atoms with Crippen LogP contribution in [-0.2, 0) is 0 Å². The molecule has 0 saturated carbocycles. The first-order valence-corrected chi connectivity index (χ1v) is 8.73. The van der Waals surface area contributed by atoms with Crippen molar-refractivity contribution >= 4 is 15.9 Å². The first kappa shape index (κ1) is 16.9. The highest BCUT2D eigenvalue weighted by molar-refractivity contribution is 9.10. The topological polar surface area (TPSA) is 32.5 Å². The van der Waals surface area contributed by atoms with Gasteiger partial charge in [-0.1, -0.05) is 41.9 Å². The first-order chi connectivity index (χ1) is 10.0. The van der Waals surface area contributed by atoms with E-state index in [1.165, 1.54) is 22.1 Å². The summed E-state index contributed by atoms with van der Waals surface area (Å²) >= 11 is 3.58. The third-order valence-electron chi connectivity index (χ3n) is 4.26. The van der Waals surface area contributed by atoms with Crippen molar-refractivity contribution in [3.8, 4) is 0 Å². The van der Waals surface area contributed by atoms with Crippen LogP contribution in [0.15, 0.2) is 22.7 Å². The molecule has 2 N–H and O–H groups in total. The largest absolute Gasteiger partial charge is 0.329 e. The minimum absolute atomic E-state index is 0.345. The van der Waals surface area contributed by atoms with Gasteiger partial charge < -0.3 is 10.6 Å². The number of aryl methyl sites for hydroxylation is 1. The SMILES string of the molecule is Cc1cc(C(CN)N2CCN(CC(C)C)CC2)ccc1Br. The van der Waals surface area contributed by atoms with E-state index < -0.39 is 0 Å². The van der Waals surface area contributed by atoms with Crippen molar-refractivity contribution in [3.63, 3.8) is 0 Å². The molecule has 4 heteroatoms. The van der Waals surface area contributed by atoms with E-state index >= 15 is 0 Å². The van der Waals surface area contributed by atoms with Crippen LogP contribution >= 0.6 is 15.9 Å². The highest BCUT2D eigenvalue weighted by atomic mass is 79.9. The fourth-order valence-corrected chi connectivity index (χ4v) is 3.39. The lowest BCUT2D eigenvalue weighted by Crippen LogP contribution is -2.49.